The van der Waals surface area contributed by atoms with E-state index < -0.39 is 21.8 Å². The van der Waals surface area contributed by atoms with Gasteiger partial charge in [0.05, 0.1) is 24.6 Å². The zero-order valence-electron chi connectivity index (χ0n) is 16.7. The highest BCUT2D eigenvalue weighted by molar-refractivity contribution is 7.88. The summed E-state index contributed by atoms with van der Waals surface area (Å²) in [5.74, 6) is -1.02. The van der Waals surface area contributed by atoms with Crippen molar-refractivity contribution in [3.63, 3.8) is 0 Å². The normalized spacial score (nSPS) is 11.0. The maximum atomic E-state index is 12.2. The summed E-state index contributed by atoms with van der Waals surface area (Å²) < 4.78 is 35.9. The van der Waals surface area contributed by atoms with Gasteiger partial charge in [-0.25, -0.2) is 18.1 Å². The second-order valence-electron chi connectivity index (χ2n) is 6.35. The van der Waals surface area contributed by atoms with Crippen LogP contribution in [0.25, 0.3) is 11.3 Å². The highest BCUT2D eigenvalue weighted by atomic mass is 32.2. The molecule has 1 heterocycles. The van der Waals surface area contributed by atoms with Gasteiger partial charge in [0.15, 0.2) is 12.2 Å². The van der Waals surface area contributed by atoms with Crippen LogP contribution in [0.4, 0.5) is 11.4 Å². The van der Waals surface area contributed by atoms with Gasteiger partial charge in [0.25, 0.3) is 0 Å². The minimum atomic E-state index is -3.40. The first-order valence-electron chi connectivity index (χ1n) is 9.00. The Labute approximate surface area is 178 Å². The molecule has 1 aromatic heterocycles. The van der Waals surface area contributed by atoms with Gasteiger partial charge in [0, 0.05) is 17.4 Å². The number of carbonyl (C=O) groups excluding carboxylic acids is 2. The van der Waals surface area contributed by atoms with Gasteiger partial charge in [-0.05, 0) is 36.9 Å². The van der Waals surface area contributed by atoms with Crippen LogP contribution in [0.15, 0.2) is 59.5 Å². The van der Waals surface area contributed by atoms with Crippen molar-refractivity contribution in [2.24, 2.45) is 0 Å². The number of oxazole rings is 1. The summed E-state index contributed by atoms with van der Waals surface area (Å²) >= 11 is 0. The van der Waals surface area contributed by atoms with Crippen LogP contribution in [0, 0.1) is 0 Å². The molecule has 10 nitrogen and oxygen atoms in total. The number of hydrogen-bond donors (Lipinski definition) is 3. The van der Waals surface area contributed by atoms with Gasteiger partial charge in [0.2, 0.25) is 10.0 Å². The van der Waals surface area contributed by atoms with Gasteiger partial charge in [0.1, 0.15) is 5.75 Å². The number of amides is 2. The third kappa shape index (κ3) is 5.68. The smallest absolute Gasteiger partial charge is 0.314 e. The van der Waals surface area contributed by atoms with E-state index in [2.05, 4.69) is 20.3 Å². The number of sulfonamides is 1. The largest absolute Gasteiger partial charge is 0.496 e. The molecule has 3 rings (SSSR count). The summed E-state index contributed by atoms with van der Waals surface area (Å²) in [6.45, 7) is 0. The van der Waals surface area contributed by atoms with Crippen LogP contribution in [0.3, 0.4) is 0 Å². The quantitative estimate of drug-likeness (QED) is 0.473. The first kappa shape index (κ1) is 22.0. The van der Waals surface area contributed by atoms with Gasteiger partial charge in [-0.2, -0.15) is 0 Å². The number of rotatable bonds is 7. The second kappa shape index (κ2) is 9.41. The summed E-state index contributed by atoms with van der Waals surface area (Å²) in [4.78, 5) is 28.3. The van der Waals surface area contributed by atoms with Gasteiger partial charge >= 0.3 is 11.8 Å². The topological polar surface area (TPSA) is 140 Å². The van der Waals surface area contributed by atoms with Gasteiger partial charge < -0.3 is 19.8 Å². The summed E-state index contributed by atoms with van der Waals surface area (Å²) in [7, 11) is -0.596. The van der Waals surface area contributed by atoms with E-state index >= 15 is 0 Å². The molecule has 11 heteroatoms. The standard InChI is InChI=1S/C20H20N4O6S/c1-21-31(27,28)11-13-3-5-14(6-4-13)23-19(25)20(26)24-15-7-8-16(17(9-15)29-2)18-10-22-12-30-18/h3-10,12,21H,11H2,1-2H3,(H,23,25)(H,24,26). The molecule has 2 aromatic carbocycles. The second-order valence-corrected chi connectivity index (χ2v) is 8.28. The first-order valence-corrected chi connectivity index (χ1v) is 10.7. The lowest BCUT2D eigenvalue weighted by molar-refractivity contribution is -0.132. The molecule has 0 saturated carbocycles. The number of hydrogen-bond acceptors (Lipinski definition) is 7. The van der Waals surface area contributed by atoms with Crippen LogP contribution < -0.4 is 20.1 Å². The van der Waals surface area contributed by atoms with Crippen LogP contribution in [-0.4, -0.2) is 39.4 Å². The molecular weight excluding hydrogens is 424 g/mol. The number of ether oxygens (including phenoxy) is 1. The number of nitrogens with one attached hydrogen (secondary N) is 3. The van der Waals surface area contributed by atoms with E-state index in [1.165, 1.54) is 38.9 Å². The average Bonchev–Trinajstić information content (AvgIpc) is 3.29. The first-order chi connectivity index (χ1) is 14.8. The Morgan fingerprint density at radius 2 is 1.68 bits per heavy atom. The predicted molar refractivity (Wildman–Crippen MR) is 114 cm³/mol. The third-order valence-corrected chi connectivity index (χ3v) is 5.58. The molecule has 0 bridgehead atoms. The molecule has 3 aromatic rings. The van der Waals surface area contributed by atoms with Crippen LogP contribution in [0.2, 0.25) is 0 Å². The Hall–Kier alpha value is -3.70. The highest BCUT2D eigenvalue weighted by Crippen LogP contribution is 2.32. The van der Waals surface area contributed by atoms with Crippen molar-refractivity contribution in [1.82, 2.24) is 9.71 Å². The molecule has 162 valence electrons. The fourth-order valence-corrected chi connectivity index (χ4v) is 3.45. The SMILES string of the molecule is CNS(=O)(=O)Cc1ccc(NC(=O)C(=O)Nc2ccc(-c3cnco3)c(OC)c2)cc1. The lowest BCUT2D eigenvalue weighted by atomic mass is 10.1. The molecule has 0 aliphatic heterocycles. The number of anilines is 2. The number of benzene rings is 2. The van der Waals surface area contributed by atoms with Crippen LogP contribution in [0.1, 0.15) is 5.56 Å². The Kier molecular flexibility index (Phi) is 6.68. The average molecular weight is 444 g/mol. The van der Waals surface area contributed by atoms with E-state index in [0.29, 0.717) is 34.0 Å². The lowest BCUT2D eigenvalue weighted by Gasteiger charge is -2.10. The molecule has 0 spiro atoms. The minimum absolute atomic E-state index is 0.190. The predicted octanol–water partition coefficient (Wildman–Crippen LogP) is 1.98. The van der Waals surface area contributed by atoms with Crippen molar-refractivity contribution >= 4 is 33.2 Å². The van der Waals surface area contributed by atoms with Gasteiger partial charge in [-0.1, -0.05) is 12.1 Å². The number of carbonyl (C=O) groups is 2. The van der Waals surface area contributed by atoms with Crippen molar-refractivity contribution < 1.29 is 27.2 Å². The molecule has 0 aliphatic carbocycles. The van der Waals surface area contributed by atoms with Crippen molar-refractivity contribution in [3.05, 3.63) is 60.6 Å². The Bertz CT molecular complexity index is 1170. The van der Waals surface area contributed by atoms with Crippen LogP contribution >= 0.6 is 0 Å². The molecular formula is C20H20N4O6S. The van der Waals surface area contributed by atoms with Crippen molar-refractivity contribution in [3.8, 4) is 17.1 Å². The van der Waals surface area contributed by atoms with E-state index in [9.17, 15) is 18.0 Å². The summed E-state index contributed by atoms with van der Waals surface area (Å²) in [6.07, 6.45) is 2.82. The summed E-state index contributed by atoms with van der Waals surface area (Å²) in [5, 5.41) is 4.95. The molecule has 31 heavy (non-hydrogen) atoms. The number of nitrogens with zero attached hydrogens (tertiary/aromatic N) is 1. The molecule has 0 fully saturated rings. The molecule has 3 N–H and O–H groups in total. The number of methoxy groups -OCH3 is 1. The molecule has 2 amide bonds. The highest BCUT2D eigenvalue weighted by Gasteiger charge is 2.16. The number of aromatic nitrogens is 1. The maximum absolute atomic E-state index is 12.2. The molecule has 0 radical (unpaired) electrons. The van der Waals surface area contributed by atoms with Crippen molar-refractivity contribution in [2.75, 3.05) is 24.8 Å². The monoisotopic (exact) mass is 444 g/mol. The Balaban J connectivity index is 1.64. The van der Waals surface area contributed by atoms with E-state index in [0.717, 1.165) is 0 Å². The molecule has 0 atom stereocenters. The molecule has 0 unspecified atom stereocenters. The van der Waals surface area contributed by atoms with Crippen molar-refractivity contribution in [2.45, 2.75) is 5.75 Å². The van der Waals surface area contributed by atoms with Gasteiger partial charge in [-0.3, -0.25) is 9.59 Å². The third-order valence-electron chi connectivity index (χ3n) is 4.24. The van der Waals surface area contributed by atoms with E-state index in [1.807, 2.05) is 0 Å². The summed E-state index contributed by atoms with van der Waals surface area (Å²) in [5.41, 5.74) is 1.88. The Morgan fingerprint density at radius 3 is 2.26 bits per heavy atom. The zero-order valence-corrected chi connectivity index (χ0v) is 17.5. The fraction of sp³-hybridized carbons (Fsp3) is 0.150. The van der Waals surface area contributed by atoms with Crippen molar-refractivity contribution in [1.29, 1.82) is 0 Å². The minimum Gasteiger partial charge on any atom is -0.496 e. The molecule has 0 saturated heterocycles. The Morgan fingerprint density at radius 1 is 1.03 bits per heavy atom. The van der Waals surface area contributed by atoms with Crippen LogP contribution in [0.5, 0.6) is 5.75 Å². The summed E-state index contributed by atoms with van der Waals surface area (Å²) in [6, 6.07) is 11.0. The van der Waals surface area contributed by atoms with E-state index in [-0.39, 0.29) is 5.75 Å². The lowest BCUT2D eigenvalue weighted by Crippen LogP contribution is -2.29. The van der Waals surface area contributed by atoms with E-state index in [4.69, 9.17) is 9.15 Å². The maximum Gasteiger partial charge on any atom is 0.314 e. The fourth-order valence-electron chi connectivity index (χ4n) is 2.67. The van der Waals surface area contributed by atoms with E-state index in [1.54, 1.807) is 30.3 Å². The van der Waals surface area contributed by atoms with Crippen LogP contribution in [-0.2, 0) is 25.4 Å². The zero-order chi connectivity index (χ0) is 22.4. The molecule has 0 aliphatic rings. The van der Waals surface area contributed by atoms with Gasteiger partial charge in [-0.15, -0.1) is 0 Å².